The van der Waals surface area contributed by atoms with E-state index >= 15 is 0 Å². The molecule has 0 aliphatic carbocycles. The number of ether oxygens (including phenoxy) is 2. The number of benzene rings is 2. The number of nitrogens with one attached hydrogen (secondary N) is 2. The molecule has 0 bridgehead atoms. The van der Waals surface area contributed by atoms with Gasteiger partial charge in [-0.15, -0.1) is 0 Å². The zero-order chi connectivity index (χ0) is 18.8. The van der Waals surface area contributed by atoms with Gasteiger partial charge in [-0.05, 0) is 62.8 Å². The molecule has 2 rings (SSSR count). The van der Waals surface area contributed by atoms with E-state index in [1.807, 2.05) is 50.4 Å². The molecule has 6 heteroatoms. The van der Waals surface area contributed by atoms with Gasteiger partial charge in [0.25, 0.3) is 0 Å². The maximum absolute atomic E-state index is 6.44. The van der Waals surface area contributed by atoms with Crippen molar-refractivity contribution in [3.63, 3.8) is 0 Å². The van der Waals surface area contributed by atoms with Crippen LogP contribution in [0.15, 0.2) is 36.4 Å². The predicted octanol–water partition coefficient (Wildman–Crippen LogP) is 4.67. The van der Waals surface area contributed by atoms with Gasteiger partial charge in [0.15, 0.2) is 11.5 Å². The fourth-order valence-corrected chi connectivity index (χ4v) is 2.80. The highest BCUT2D eigenvalue weighted by molar-refractivity contribution is 6.31. The van der Waals surface area contributed by atoms with E-state index in [9.17, 15) is 0 Å². The van der Waals surface area contributed by atoms with Crippen molar-refractivity contribution in [1.82, 2.24) is 10.6 Å². The largest absolute Gasteiger partial charge is 0.490 e. The molecular formula is C20H26Cl2N2O2. The molecule has 26 heavy (non-hydrogen) atoms. The maximum atomic E-state index is 6.44. The molecule has 0 aliphatic rings. The van der Waals surface area contributed by atoms with Crippen molar-refractivity contribution >= 4 is 23.2 Å². The van der Waals surface area contributed by atoms with Gasteiger partial charge in [-0.1, -0.05) is 35.3 Å². The van der Waals surface area contributed by atoms with Crippen molar-refractivity contribution in [1.29, 1.82) is 0 Å². The molecule has 0 aromatic heterocycles. The Balaban J connectivity index is 2.03. The summed E-state index contributed by atoms with van der Waals surface area (Å²) < 4.78 is 11.7. The molecule has 2 aromatic carbocycles. The highest BCUT2D eigenvalue weighted by Gasteiger charge is 2.11. The van der Waals surface area contributed by atoms with Crippen LogP contribution < -0.4 is 20.1 Å². The van der Waals surface area contributed by atoms with Crippen LogP contribution in [0.4, 0.5) is 0 Å². The number of rotatable bonds is 11. The van der Waals surface area contributed by atoms with Gasteiger partial charge in [0.1, 0.15) is 6.61 Å². The number of hydrogen-bond acceptors (Lipinski definition) is 4. The van der Waals surface area contributed by atoms with Crippen LogP contribution >= 0.6 is 23.2 Å². The Bertz CT molecular complexity index is 678. The van der Waals surface area contributed by atoms with Crippen molar-refractivity contribution in [3.8, 4) is 11.5 Å². The molecule has 0 aliphatic heterocycles. The van der Waals surface area contributed by atoms with Crippen LogP contribution in [0.25, 0.3) is 0 Å². The molecule has 2 N–H and O–H groups in total. The second-order valence-electron chi connectivity index (χ2n) is 5.87. The fraction of sp³-hybridized carbons (Fsp3) is 0.400. The highest BCUT2D eigenvalue weighted by atomic mass is 35.5. The molecule has 0 radical (unpaired) electrons. The number of halogens is 2. The first-order valence-corrected chi connectivity index (χ1v) is 9.57. The maximum Gasteiger partial charge on any atom is 0.163 e. The molecule has 0 fully saturated rings. The van der Waals surface area contributed by atoms with E-state index < -0.39 is 0 Å². The minimum absolute atomic E-state index is 0.426. The molecule has 4 nitrogen and oxygen atoms in total. The van der Waals surface area contributed by atoms with E-state index in [1.165, 1.54) is 0 Å². The van der Waals surface area contributed by atoms with Crippen LogP contribution in [-0.2, 0) is 13.2 Å². The SMILES string of the molecule is CCOc1cc(CNCCCNC)c(Cl)cc1OCc1ccc(Cl)cc1. The Morgan fingerprint density at radius 1 is 0.962 bits per heavy atom. The third kappa shape index (κ3) is 6.69. The lowest BCUT2D eigenvalue weighted by Gasteiger charge is -2.15. The highest BCUT2D eigenvalue weighted by Crippen LogP contribution is 2.34. The van der Waals surface area contributed by atoms with Gasteiger partial charge in [0, 0.05) is 22.7 Å². The van der Waals surface area contributed by atoms with E-state index in [2.05, 4.69) is 10.6 Å². The molecule has 142 valence electrons. The average Bonchev–Trinajstić information content (AvgIpc) is 2.64. The van der Waals surface area contributed by atoms with E-state index in [-0.39, 0.29) is 0 Å². The summed E-state index contributed by atoms with van der Waals surface area (Å²) in [5, 5.41) is 7.90. The van der Waals surface area contributed by atoms with Crippen molar-refractivity contribution in [2.45, 2.75) is 26.5 Å². The average molecular weight is 397 g/mol. The zero-order valence-electron chi connectivity index (χ0n) is 15.3. The summed E-state index contributed by atoms with van der Waals surface area (Å²) in [5.41, 5.74) is 2.03. The molecule has 0 heterocycles. The minimum Gasteiger partial charge on any atom is -0.490 e. The van der Waals surface area contributed by atoms with Crippen LogP contribution in [0.3, 0.4) is 0 Å². The zero-order valence-corrected chi connectivity index (χ0v) is 16.8. The Labute approximate surface area is 165 Å². The summed E-state index contributed by atoms with van der Waals surface area (Å²) >= 11 is 12.4. The fourth-order valence-electron chi connectivity index (χ4n) is 2.45. The Hall–Kier alpha value is -1.46. The predicted molar refractivity (Wildman–Crippen MR) is 109 cm³/mol. The van der Waals surface area contributed by atoms with Crippen LogP contribution in [0.5, 0.6) is 11.5 Å². The van der Waals surface area contributed by atoms with E-state index in [0.29, 0.717) is 41.3 Å². The van der Waals surface area contributed by atoms with Crippen LogP contribution in [0.2, 0.25) is 10.0 Å². The van der Waals surface area contributed by atoms with Gasteiger partial charge >= 0.3 is 0 Å². The summed E-state index contributed by atoms with van der Waals surface area (Å²) in [5.74, 6) is 1.35. The van der Waals surface area contributed by atoms with E-state index in [4.69, 9.17) is 32.7 Å². The van der Waals surface area contributed by atoms with Gasteiger partial charge in [-0.2, -0.15) is 0 Å². The lowest BCUT2D eigenvalue weighted by atomic mass is 10.2. The smallest absolute Gasteiger partial charge is 0.163 e. The first-order chi connectivity index (χ1) is 12.6. The third-order valence-electron chi connectivity index (χ3n) is 3.82. The summed E-state index contributed by atoms with van der Waals surface area (Å²) in [7, 11) is 1.95. The van der Waals surface area contributed by atoms with Gasteiger partial charge in [-0.25, -0.2) is 0 Å². The Morgan fingerprint density at radius 2 is 1.69 bits per heavy atom. The normalized spacial score (nSPS) is 10.8. The second kappa shape index (κ2) is 11.3. The monoisotopic (exact) mass is 396 g/mol. The second-order valence-corrected chi connectivity index (χ2v) is 6.72. The lowest BCUT2D eigenvalue weighted by Crippen LogP contribution is -2.19. The molecule has 0 amide bonds. The lowest BCUT2D eigenvalue weighted by molar-refractivity contribution is 0.269. The first kappa shape index (κ1) is 20.8. The van der Waals surface area contributed by atoms with Crippen molar-refractivity contribution < 1.29 is 9.47 Å². The van der Waals surface area contributed by atoms with Crippen LogP contribution in [0.1, 0.15) is 24.5 Å². The van der Waals surface area contributed by atoms with Crippen LogP contribution in [0, 0.1) is 0 Å². The standard InChI is InChI=1S/C20H26Cl2N2O2/c1-3-25-19-11-16(13-24-10-4-9-23-2)18(22)12-20(19)26-14-15-5-7-17(21)8-6-15/h5-8,11-12,23-24H,3-4,9-10,13-14H2,1-2H3. The van der Waals surface area contributed by atoms with E-state index in [0.717, 1.165) is 30.6 Å². The summed E-state index contributed by atoms with van der Waals surface area (Å²) in [6.45, 7) is 5.55. The van der Waals surface area contributed by atoms with Gasteiger partial charge in [-0.3, -0.25) is 0 Å². The molecule has 2 aromatic rings. The van der Waals surface area contributed by atoms with Gasteiger partial charge in [0.2, 0.25) is 0 Å². The Morgan fingerprint density at radius 3 is 2.38 bits per heavy atom. The third-order valence-corrected chi connectivity index (χ3v) is 4.42. The molecule has 0 unspecified atom stereocenters. The summed E-state index contributed by atoms with van der Waals surface area (Å²) in [6, 6.07) is 11.3. The summed E-state index contributed by atoms with van der Waals surface area (Å²) in [6.07, 6.45) is 1.06. The van der Waals surface area contributed by atoms with E-state index in [1.54, 1.807) is 0 Å². The number of hydrogen-bond donors (Lipinski definition) is 2. The minimum atomic E-state index is 0.426. The van der Waals surface area contributed by atoms with Gasteiger partial charge < -0.3 is 20.1 Å². The summed E-state index contributed by atoms with van der Waals surface area (Å²) in [4.78, 5) is 0. The molecule has 0 saturated heterocycles. The van der Waals surface area contributed by atoms with Crippen molar-refractivity contribution in [2.24, 2.45) is 0 Å². The molecular weight excluding hydrogens is 371 g/mol. The molecule has 0 spiro atoms. The van der Waals surface area contributed by atoms with Crippen molar-refractivity contribution in [2.75, 3.05) is 26.7 Å². The molecule has 0 atom stereocenters. The van der Waals surface area contributed by atoms with Crippen LogP contribution in [-0.4, -0.2) is 26.7 Å². The Kier molecular flexibility index (Phi) is 9.06. The van der Waals surface area contributed by atoms with Gasteiger partial charge in [0.05, 0.1) is 6.61 Å². The molecule has 0 saturated carbocycles. The van der Waals surface area contributed by atoms with Crippen molar-refractivity contribution in [3.05, 3.63) is 57.6 Å². The quantitative estimate of drug-likeness (QED) is 0.541. The topological polar surface area (TPSA) is 42.5 Å². The first-order valence-electron chi connectivity index (χ1n) is 8.81.